The number of nitrogens with zero attached hydrogens (tertiary/aromatic N) is 3. The highest BCUT2D eigenvalue weighted by Gasteiger charge is 2.28. The highest BCUT2D eigenvalue weighted by molar-refractivity contribution is 7.93. The summed E-state index contributed by atoms with van der Waals surface area (Å²) >= 11 is 2.90. The third kappa shape index (κ3) is 4.89. The maximum Gasteiger partial charge on any atom is 0.265 e. The maximum atomic E-state index is 13.2. The molecule has 4 rings (SSSR count). The van der Waals surface area contributed by atoms with Gasteiger partial charge in [-0.1, -0.05) is 6.07 Å². The van der Waals surface area contributed by atoms with E-state index in [0.29, 0.717) is 18.8 Å². The molecule has 1 aliphatic heterocycles. The molecule has 10 heteroatoms. The molecular formula is C20H22N4O3S3. The monoisotopic (exact) mass is 462 g/mol. The molecule has 0 unspecified atom stereocenters. The van der Waals surface area contributed by atoms with Crippen molar-refractivity contribution in [2.45, 2.75) is 17.9 Å². The average molecular weight is 463 g/mol. The number of aromatic nitrogens is 1. The van der Waals surface area contributed by atoms with Gasteiger partial charge < -0.3 is 4.90 Å². The molecule has 0 bridgehead atoms. The number of carbonyl (C=O) groups excluding carboxylic acids is 1. The second-order valence-electron chi connectivity index (χ2n) is 6.96. The summed E-state index contributed by atoms with van der Waals surface area (Å²) in [5, 5.41) is 3.72. The standard InChI is InChI=1S/C20H22N4O3S3/c25-20(24-9-3-8-23(10-11-24)15-17-5-2-12-28-17)19-18(6-13-29-19)30(26,27)22-16-4-1-7-21-14-16/h1-2,4-7,12-14,22H,3,8-11,15H2. The van der Waals surface area contributed by atoms with Crippen molar-refractivity contribution in [1.82, 2.24) is 14.8 Å². The van der Waals surface area contributed by atoms with Gasteiger partial charge in [0.2, 0.25) is 0 Å². The van der Waals surface area contributed by atoms with Crippen molar-refractivity contribution in [3.05, 3.63) is 63.2 Å². The van der Waals surface area contributed by atoms with Crippen LogP contribution in [0.5, 0.6) is 0 Å². The van der Waals surface area contributed by atoms with Crippen molar-refractivity contribution >= 4 is 44.3 Å². The van der Waals surface area contributed by atoms with E-state index in [0.717, 1.165) is 37.4 Å². The van der Waals surface area contributed by atoms with E-state index in [1.54, 1.807) is 39.9 Å². The summed E-state index contributed by atoms with van der Waals surface area (Å²) in [6, 6.07) is 8.92. The molecule has 0 atom stereocenters. The van der Waals surface area contributed by atoms with Crippen LogP contribution in [0.25, 0.3) is 0 Å². The summed E-state index contributed by atoms with van der Waals surface area (Å²) in [5.41, 5.74) is 0.362. The summed E-state index contributed by atoms with van der Waals surface area (Å²) in [7, 11) is -3.87. The lowest BCUT2D eigenvalue weighted by Crippen LogP contribution is -2.35. The summed E-state index contributed by atoms with van der Waals surface area (Å²) in [5.74, 6) is -0.227. The van der Waals surface area contributed by atoms with Crippen LogP contribution in [0.4, 0.5) is 5.69 Å². The lowest BCUT2D eigenvalue weighted by atomic mass is 10.3. The first kappa shape index (κ1) is 21.0. The van der Waals surface area contributed by atoms with Gasteiger partial charge in [0.15, 0.2) is 0 Å². The van der Waals surface area contributed by atoms with E-state index >= 15 is 0 Å². The van der Waals surface area contributed by atoms with E-state index in [-0.39, 0.29) is 15.7 Å². The molecule has 1 saturated heterocycles. The summed E-state index contributed by atoms with van der Waals surface area (Å²) in [6.07, 6.45) is 3.86. The van der Waals surface area contributed by atoms with Gasteiger partial charge in [0, 0.05) is 43.8 Å². The first-order valence-corrected chi connectivity index (χ1v) is 12.8. The Morgan fingerprint density at radius 3 is 2.73 bits per heavy atom. The zero-order valence-corrected chi connectivity index (χ0v) is 18.7. The zero-order chi connectivity index (χ0) is 21.0. The molecule has 30 heavy (non-hydrogen) atoms. The number of thiophene rings is 2. The van der Waals surface area contributed by atoms with E-state index in [2.05, 4.69) is 26.1 Å². The SMILES string of the molecule is O=C(c1sccc1S(=O)(=O)Nc1cccnc1)N1CCCN(Cc2cccs2)CC1. The number of pyridine rings is 1. The van der Waals surface area contributed by atoms with Crippen LogP contribution in [0.15, 0.2) is 58.4 Å². The Hall–Kier alpha value is -2.27. The van der Waals surface area contributed by atoms with E-state index in [4.69, 9.17) is 0 Å². The van der Waals surface area contributed by atoms with Crippen LogP contribution in [0.3, 0.4) is 0 Å². The molecule has 3 aromatic rings. The number of nitrogens with one attached hydrogen (secondary N) is 1. The second kappa shape index (κ2) is 9.25. The lowest BCUT2D eigenvalue weighted by molar-refractivity contribution is 0.0762. The Morgan fingerprint density at radius 1 is 1.07 bits per heavy atom. The topological polar surface area (TPSA) is 82.6 Å². The van der Waals surface area contributed by atoms with E-state index in [9.17, 15) is 13.2 Å². The van der Waals surface area contributed by atoms with E-state index in [1.807, 2.05) is 6.07 Å². The van der Waals surface area contributed by atoms with Gasteiger partial charge >= 0.3 is 0 Å². The van der Waals surface area contributed by atoms with Crippen LogP contribution < -0.4 is 4.72 Å². The molecule has 0 spiro atoms. The van der Waals surface area contributed by atoms with Crippen molar-refractivity contribution in [3.63, 3.8) is 0 Å². The van der Waals surface area contributed by atoms with Gasteiger partial charge in [0.05, 0.1) is 11.9 Å². The van der Waals surface area contributed by atoms with Crippen molar-refractivity contribution < 1.29 is 13.2 Å². The van der Waals surface area contributed by atoms with Crippen molar-refractivity contribution in [3.8, 4) is 0 Å². The molecule has 1 N–H and O–H groups in total. The molecule has 0 saturated carbocycles. The third-order valence-electron chi connectivity index (χ3n) is 4.86. The van der Waals surface area contributed by atoms with E-state index in [1.165, 1.54) is 17.1 Å². The fraction of sp³-hybridized carbons (Fsp3) is 0.300. The number of hydrogen-bond donors (Lipinski definition) is 1. The minimum atomic E-state index is -3.87. The van der Waals surface area contributed by atoms with Crippen molar-refractivity contribution in [2.75, 3.05) is 30.9 Å². The molecule has 7 nitrogen and oxygen atoms in total. The Balaban J connectivity index is 1.46. The highest BCUT2D eigenvalue weighted by atomic mass is 32.2. The molecule has 1 aliphatic rings. The van der Waals surface area contributed by atoms with Gasteiger partial charge in [-0.3, -0.25) is 19.4 Å². The number of rotatable bonds is 6. The van der Waals surface area contributed by atoms with E-state index < -0.39 is 10.0 Å². The molecule has 158 valence electrons. The smallest absolute Gasteiger partial charge is 0.265 e. The first-order valence-electron chi connectivity index (χ1n) is 9.57. The minimum Gasteiger partial charge on any atom is -0.337 e. The van der Waals surface area contributed by atoms with Crippen LogP contribution in [0.1, 0.15) is 21.0 Å². The number of amides is 1. The predicted molar refractivity (Wildman–Crippen MR) is 119 cm³/mol. The van der Waals surface area contributed by atoms with Gasteiger partial charge in [0.25, 0.3) is 15.9 Å². The predicted octanol–water partition coefficient (Wildman–Crippen LogP) is 3.35. The van der Waals surface area contributed by atoms with Crippen LogP contribution in [-0.4, -0.2) is 55.3 Å². The van der Waals surface area contributed by atoms with Crippen molar-refractivity contribution in [2.24, 2.45) is 0 Å². The molecule has 1 amide bonds. The van der Waals surface area contributed by atoms with Crippen LogP contribution in [0.2, 0.25) is 0 Å². The number of hydrogen-bond acceptors (Lipinski definition) is 7. The maximum absolute atomic E-state index is 13.2. The molecule has 0 aromatic carbocycles. The number of anilines is 1. The van der Waals surface area contributed by atoms with Crippen LogP contribution >= 0.6 is 22.7 Å². The van der Waals surface area contributed by atoms with Gasteiger partial charge in [-0.15, -0.1) is 22.7 Å². The summed E-state index contributed by atoms with van der Waals surface area (Å²) < 4.78 is 28.2. The van der Waals surface area contributed by atoms with Crippen molar-refractivity contribution in [1.29, 1.82) is 0 Å². The Morgan fingerprint density at radius 2 is 1.97 bits per heavy atom. The number of carbonyl (C=O) groups is 1. The fourth-order valence-corrected chi connectivity index (χ4v) is 6.58. The highest BCUT2D eigenvalue weighted by Crippen LogP contribution is 2.26. The lowest BCUT2D eigenvalue weighted by Gasteiger charge is -2.21. The first-order chi connectivity index (χ1) is 14.5. The Kier molecular flexibility index (Phi) is 6.47. The van der Waals surface area contributed by atoms with Gasteiger partial charge in [0.1, 0.15) is 9.77 Å². The van der Waals surface area contributed by atoms with Gasteiger partial charge in [-0.05, 0) is 41.4 Å². The van der Waals surface area contributed by atoms with Gasteiger partial charge in [-0.25, -0.2) is 8.42 Å². The number of sulfonamides is 1. The molecule has 3 aromatic heterocycles. The average Bonchev–Trinajstić information content (AvgIpc) is 3.37. The zero-order valence-electron chi connectivity index (χ0n) is 16.2. The fourth-order valence-electron chi connectivity index (χ4n) is 3.40. The molecule has 0 radical (unpaired) electrons. The van der Waals surface area contributed by atoms with Crippen LogP contribution in [-0.2, 0) is 16.6 Å². The second-order valence-corrected chi connectivity index (χ2v) is 10.6. The normalized spacial score (nSPS) is 15.7. The molecule has 0 aliphatic carbocycles. The molecule has 1 fully saturated rings. The largest absolute Gasteiger partial charge is 0.337 e. The quantitative estimate of drug-likeness (QED) is 0.607. The Labute approximate surface area is 184 Å². The third-order valence-corrected chi connectivity index (χ3v) is 8.18. The Bertz CT molecular complexity index is 1080. The summed E-state index contributed by atoms with van der Waals surface area (Å²) in [6.45, 7) is 3.77. The van der Waals surface area contributed by atoms with Crippen LogP contribution in [0, 0.1) is 0 Å². The van der Waals surface area contributed by atoms with Gasteiger partial charge in [-0.2, -0.15) is 0 Å². The summed E-state index contributed by atoms with van der Waals surface area (Å²) in [4.78, 5) is 22.8. The molecule has 4 heterocycles. The minimum absolute atomic E-state index is 0.0149. The molecular weight excluding hydrogens is 440 g/mol.